The summed E-state index contributed by atoms with van der Waals surface area (Å²) in [6, 6.07) is 13.0. The van der Waals surface area contributed by atoms with Crippen LogP contribution in [0.15, 0.2) is 63.4 Å². The maximum Gasteiger partial charge on any atom is 0.339 e. The van der Waals surface area contributed by atoms with Gasteiger partial charge in [0, 0.05) is 17.0 Å². The standard InChI is InChI=1S/C23H22N2O6S2/c1-15-5-11-18(12-6-15)33(29,30)31-17-9-7-16(8-10-17)14-32-23-24-22(28)19-3-2-4-20(19)25(23)13-21(26)27/h5-12H,2-4,13-14H2,1H3,(H,26,27). The molecule has 1 aliphatic carbocycles. The van der Waals surface area contributed by atoms with Gasteiger partial charge in [0.2, 0.25) is 0 Å². The molecule has 172 valence electrons. The molecule has 3 aromatic rings. The number of hydrogen-bond acceptors (Lipinski definition) is 7. The minimum absolute atomic E-state index is 0.0758. The molecule has 33 heavy (non-hydrogen) atoms. The molecule has 4 rings (SSSR count). The number of carboxylic acids is 1. The Morgan fingerprint density at radius 2 is 1.82 bits per heavy atom. The minimum atomic E-state index is -3.93. The fourth-order valence-electron chi connectivity index (χ4n) is 3.66. The number of rotatable bonds is 8. The smallest absolute Gasteiger partial charge is 0.339 e. The number of thioether (sulfide) groups is 1. The van der Waals surface area contributed by atoms with Crippen molar-refractivity contribution in [2.24, 2.45) is 0 Å². The molecule has 0 saturated heterocycles. The summed E-state index contributed by atoms with van der Waals surface area (Å²) in [5, 5.41) is 9.66. The van der Waals surface area contributed by atoms with Gasteiger partial charge >= 0.3 is 16.1 Å². The first-order valence-electron chi connectivity index (χ1n) is 10.3. The van der Waals surface area contributed by atoms with Crippen molar-refractivity contribution in [3.63, 3.8) is 0 Å². The first-order valence-corrected chi connectivity index (χ1v) is 12.7. The maximum absolute atomic E-state index is 12.4. The molecule has 0 saturated carbocycles. The molecule has 2 aromatic carbocycles. The van der Waals surface area contributed by atoms with Gasteiger partial charge in [-0.1, -0.05) is 41.6 Å². The number of carboxylic acid groups (broad SMARTS) is 1. The van der Waals surface area contributed by atoms with E-state index in [4.69, 9.17) is 4.18 Å². The van der Waals surface area contributed by atoms with E-state index < -0.39 is 16.1 Å². The van der Waals surface area contributed by atoms with Gasteiger partial charge in [-0.2, -0.15) is 13.4 Å². The second-order valence-corrected chi connectivity index (χ2v) is 10.2. The van der Waals surface area contributed by atoms with E-state index in [1.54, 1.807) is 41.0 Å². The topological polar surface area (TPSA) is 116 Å². The number of aliphatic carboxylic acids is 1. The zero-order valence-electron chi connectivity index (χ0n) is 17.9. The Hall–Kier alpha value is -3.11. The third kappa shape index (κ3) is 5.28. The first kappa shape index (κ1) is 23.1. The van der Waals surface area contributed by atoms with E-state index >= 15 is 0 Å². The van der Waals surface area contributed by atoms with Gasteiger partial charge in [0.05, 0.1) is 0 Å². The molecule has 1 aromatic heterocycles. The Labute approximate surface area is 195 Å². The predicted octanol–water partition coefficient (Wildman–Crippen LogP) is 3.19. The number of hydrogen-bond donors (Lipinski definition) is 1. The quantitative estimate of drug-likeness (QED) is 0.293. The van der Waals surface area contributed by atoms with Crippen molar-refractivity contribution in [3.8, 4) is 5.75 Å². The van der Waals surface area contributed by atoms with E-state index in [0.29, 0.717) is 29.3 Å². The van der Waals surface area contributed by atoms with E-state index in [0.717, 1.165) is 23.2 Å². The molecule has 0 aliphatic heterocycles. The van der Waals surface area contributed by atoms with Crippen molar-refractivity contribution in [1.29, 1.82) is 0 Å². The number of benzene rings is 2. The molecule has 0 radical (unpaired) electrons. The molecule has 0 amide bonds. The Morgan fingerprint density at radius 3 is 2.48 bits per heavy atom. The first-order chi connectivity index (χ1) is 15.7. The average molecular weight is 487 g/mol. The van der Waals surface area contributed by atoms with Gasteiger partial charge in [0.25, 0.3) is 5.56 Å². The molecule has 1 heterocycles. The summed E-state index contributed by atoms with van der Waals surface area (Å²) >= 11 is 1.27. The molecule has 1 N–H and O–H groups in total. The fourth-order valence-corrected chi connectivity index (χ4v) is 5.56. The van der Waals surface area contributed by atoms with Gasteiger partial charge in [-0.25, -0.2) is 0 Å². The summed E-state index contributed by atoms with van der Waals surface area (Å²) < 4.78 is 31.7. The summed E-state index contributed by atoms with van der Waals surface area (Å²) in [7, 11) is -3.93. The molecule has 0 fully saturated rings. The number of fused-ring (bicyclic) bond motifs is 1. The second kappa shape index (κ2) is 9.40. The molecule has 0 atom stereocenters. The van der Waals surface area contributed by atoms with Crippen molar-refractivity contribution < 1.29 is 22.5 Å². The van der Waals surface area contributed by atoms with Crippen LogP contribution in [-0.4, -0.2) is 29.0 Å². The number of carbonyl (C=O) groups is 1. The van der Waals surface area contributed by atoms with Gasteiger partial charge in [-0.05, 0) is 56.0 Å². The van der Waals surface area contributed by atoms with Crippen molar-refractivity contribution in [1.82, 2.24) is 9.55 Å². The van der Waals surface area contributed by atoms with Crippen LogP contribution in [0.2, 0.25) is 0 Å². The summed E-state index contributed by atoms with van der Waals surface area (Å²) in [6.07, 6.45) is 2.10. The van der Waals surface area contributed by atoms with Crippen molar-refractivity contribution in [2.75, 3.05) is 0 Å². The molecular formula is C23H22N2O6S2. The van der Waals surface area contributed by atoms with E-state index in [2.05, 4.69) is 4.98 Å². The average Bonchev–Trinajstić information content (AvgIpc) is 3.26. The van der Waals surface area contributed by atoms with E-state index in [1.165, 1.54) is 23.9 Å². The summed E-state index contributed by atoms with van der Waals surface area (Å²) in [5.74, 6) is -0.383. The van der Waals surface area contributed by atoms with Crippen LogP contribution in [0, 0.1) is 6.92 Å². The second-order valence-electron chi connectivity index (χ2n) is 7.74. The van der Waals surface area contributed by atoms with Crippen LogP contribution in [0.3, 0.4) is 0 Å². The summed E-state index contributed by atoms with van der Waals surface area (Å²) in [4.78, 5) is 27.9. The van der Waals surface area contributed by atoms with E-state index in [-0.39, 0.29) is 22.7 Å². The lowest BCUT2D eigenvalue weighted by atomic mass is 10.2. The summed E-state index contributed by atoms with van der Waals surface area (Å²) in [6.45, 7) is 1.62. The van der Waals surface area contributed by atoms with Crippen LogP contribution in [0.25, 0.3) is 0 Å². The van der Waals surface area contributed by atoms with Gasteiger partial charge in [-0.15, -0.1) is 0 Å². The lowest BCUT2D eigenvalue weighted by Gasteiger charge is -2.15. The zero-order chi connectivity index (χ0) is 23.6. The van der Waals surface area contributed by atoms with Crippen LogP contribution in [0.1, 0.15) is 28.8 Å². The van der Waals surface area contributed by atoms with E-state index in [1.807, 2.05) is 6.92 Å². The van der Waals surface area contributed by atoms with Crippen LogP contribution < -0.4 is 9.74 Å². The monoisotopic (exact) mass is 486 g/mol. The van der Waals surface area contributed by atoms with Gasteiger partial charge in [-0.3, -0.25) is 9.59 Å². The molecule has 0 bridgehead atoms. The lowest BCUT2D eigenvalue weighted by Crippen LogP contribution is -2.24. The van der Waals surface area contributed by atoms with Gasteiger partial charge in [0.1, 0.15) is 17.2 Å². The molecule has 0 unspecified atom stereocenters. The molecule has 1 aliphatic rings. The normalized spacial score (nSPS) is 13.0. The zero-order valence-corrected chi connectivity index (χ0v) is 19.5. The fraction of sp³-hybridized carbons (Fsp3) is 0.261. The van der Waals surface area contributed by atoms with Gasteiger partial charge in [0.15, 0.2) is 5.16 Å². The van der Waals surface area contributed by atoms with Gasteiger partial charge < -0.3 is 13.9 Å². The highest BCUT2D eigenvalue weighted by Crippen LogP contribution is 2.27. The number of aromatic nitrogens is 2. The Balaban J connectivity index is 1.48. The third-order valence-corrected chi connectivity index (χ3v) is 7.61. The van der Waals surface area contributed by atoms with Crippen LogP contribution in [0.4, 0.5) is 0 Å². The Kier molecular flexibility index (Phi) is 6.57. The Morgan fingerprint density at radius 1 is 1.12 bits per heavy atom. The molecule has 8 nitrogen and oxygen atoms in total. The molecular weight excluding hydrogens is 464 g/mol. The van der Waals surface area contributed by atoms with Crippen molar-refractivity contribution >= 4 is 27.8 Å². The van der Waals surface area contributed by atoms with E-state index in [9.17, 15) is 23.1 Å². The SMILES string of the molecule is Cc1ccc(S(=O)(=O)Oc2ccc(CSc3nc(=O)c4c(n3CC(=O)O)CCC4)cc2)cc1. The highest BCUT2D eigenvalue weighted by atomic mass is 32.2. The predicted molar refractivity (Wildman–Crippen MR) is 123 cm³/mol. The summed E-state index contributed by atoms with van der Waals surface area (Å²) in [5.41, 5.74) is 2.86. The van der Waals surface area contributed by atoms with Crippen LogP contribution in [-0.2, 0) is 40.1 Å². The third-order valence-electron chi connectivity index (χ3n) is 5.30. The minimum Gasteiger partial charge on any atom is -0.480 e. The van der Waals surface area contributed by atoms with Crippen LogP contribution >= 0.6 is 11.8 Å². The Bertz CT molecular complexity index is 1350. The van der Waals surface area contributed by atoms with Crippen molar-refractivity contribution in [3.05, 3.63) is 81.3 Å². The maximum atomic E-state index is 12.4. The molecule has 0 spiro atoms. The van der Waals surface area contributed by atoms with Crippen molar-refractivity contribution in [2.45, 2.75) is 48.5 Å². The highest BCUT2D eigenvalue weighted by molar-refractivity contribution is 7.98. The largest absolute Gasteiger partial charge is 0.480 e. The van der Waals surface area contributed by atoms with Crippen LogP contribution in [0.5, 0.6) is 5.75 Å². The number of aryl methyl sites for hydroxylation is 1. The lowest BCUT2D eigenvalue weighted by molar-refractivity contribution is -0.137. The highest BCUT2D eigenvalue weighted by Gasteiger charge is 2.23. The molecule has 10 heteroatoms. The number of nitrogens with zero attached hydrogens (tertiary/aromatic N) is 2.